The SMILES string of the molecule is CN(Cc1cccs1)C(=O)CSc1nnc(-c2ccco2)n1C1CCCCC1. The van der Waals surface area contributed by atoms with Crippen LogP contribution in [-0.4, -0.2) is 38.4 Å². The summed E-state index contributed by atoms with van der Waals surface area (Å²) in [6, 6.07) is 8.21. The predicted molar refractivity (Wildman–Crippen MR) is 111 cm³/mol. The molecule has 0 atom stereocenters. The van der Waals surface area contributed by atoms with Crippen LogP contribution in [0, 0.1) is 0 Å². The van der Waals surface area contributed by atoms with E-state index < -0.39 is 0 Å². The summed E-state index contributed by atoms with van der Waals surface area (Å²) >= 11 is 3.14. The number of rotatable bonds is 7. The van der Waals surface area contributed by atoms with Gasteiger partial charge in [-0.25, -0.2) is 0 Å². The van der Waals surface area contributed by atoms with Gasteiger partial charge < -0.3 is 9.32 Å². The Morgan fingerprint density at radius 3 is 2.86 bits per heavy atom. The van der Waals surface area contributed by atoms with Crippen molar-refractivity contribution >= 4 is 29.0 Å². The summed E-state index contributed by atoms with van der Waals surface area (Å²) in [5, 5.41) is 11.6. The standard InChI is InChI=1S/C20H24N4O2S2/c1-23(13-16-9-6-12-27-16)18(25)14-28-20-22-21-19(17-10-5-11-26-17)24(20)15-7-3-2-4-8-15/h5-6,9-12,15H,2-4,7-8,13-14H2,1H3. The maximum Gasteiger partial charge on any atom is 0.233 e. The zero-order valence-electron chi connectivity index (χ0n) is 15.9. The summed E-state index contributed by atoms with van der Waals surface area (Å²) in [4.78, 5) is 15.6. The Hall–Kier alpha value is -2.06. The summed E-state index contributed by atoms with van der Waals surface area (Å²) in [5.41, 5.74) is 0. The zero-order valence-corrected chi connectivity index (χ0v) is 17.5. The maximum absolute atomic E-state index is 12.6. The van der Waals surface area contributed by atoms with Gasteiger partial charge >= 0.3 is 0 Å². The van der Waals surface area contributed by atoms with Gasteiger partial charge in [-0.15, -0.1) is 21.5 Å². The van der Waals surface area contributed by atoms with Crippen molar-refractivity contribution in [2.75, 3.05) is 12.8 Å². The van der Waals surface area contributed by atoms with Crippen molar-refractivity contribution < 1.29 is 9.21 Å². The van der Waals surface area contributed by atoms with Crippen LogP contribution in [0.3, 0.4) is 0 Å². The summed E-state index contributed by atoms with van der Waals surface area (Å²) in [5.74, 6) is 1.94. The first-order chi connectivity index (χ1) is 13.7. The van der Waals surface area contributed by atoms with E-state index in [1.54, 1.807) is 22.5 Å². The molecule has 148 valence electrons. The molecule has 1 aliphatic rings. The van der Waals surface area contributed by atoms with Crippen LogP contribution in [0.1, 0.15) is 43.0 Å². The highest BCUT2D eigenvalue weighted by Crippen LogP contribution is 2.35. The number of carbonyl (C=O) groups excluding carboxylic acids is 1. The van der Waals surface area contributed by atoms with E-state index in [2.05, 4.69) is 20.8 Å². The van der Waals surface area contributed by atoms with Crippen molar-refractivity contribution in [3.63, 3.8) is 0 Å². The number of hydrogen-bond donors (Lipinski definition) is 0. The largest absolute Gasteiger partial charge is 0.461 e. The molecule has 1 fully saturated rings. The third-order valence-corrected chi connectivity index (χ3v) is 6.86. The van der Waals surface area contributed by atoms with Crippen LogP contribution in [0.5, 0.6) is 0 Å². The quantitative estimate of drug-likeness (QED) is 0.515. The second-order valence-corrected chi connectivity index (χ2v) is 9.04. The van der Waals surface area contributed by atoms with Crippen molar-refractivity contribution in [3.05, 3.63) is 40.8 Å². The first-order valence-electron chi connectivity index (χ1n) is 9.60. The number of furan rings is 1. The molecule has 0 bridgehead atoms. The number of hydrogen-bond acceptors (Lipinski definition) is 6. The van der Waals surface area contributed by atoms with Gasteiger partial charge in [0, 0.05) is 18.0 Å². The van der Waals surface area contributed by atoms with E-state index in [4.69, 9.17) is 4.42 Å². The Bertz CT molecular complexity index is 884. The Labute approximate surface area is 172 Å². The molecule has 0 spiro atoms. The molecule has 1 aliphatic carbocycles. The van der Waals surface area contributed by atoms with E-state index >= 15 is 0 Å². The number of aromatic nitrogens is 3. The van der Waals surface area contributed by atoms with Crippen LogP contribution in [0.25, 0.3) is 11.6 Å². The van der Waals surface area contributed by atoms with Gasteiger partial charge in [0.2, 0.25) is 11.7 Å². The summed E-state index contributed by atoms with van der Waals surface area (Å²) < 4.78 is 7.77. The normalized spacial score (nSPS) is 15.0. The molecule has 0 aromatic carbocycles. The molecular weight excluding hydrogens is 392 g/mol. The van der Waals surface area contributed by atoms with Gasteiger partial charge in [0.1, 0.15) is 0 Å². The number of nitrogens with zero attached hydrogens (tertiary/aromatic N) is 4. The fourth-order valence-corrected chi connectivity index (χ4v) is 5.28. The lowest BCUT2D eigenvalue weighted by molar-refractivity contribution is -0.127. The molecule has 3 heterocycles. The average Bonchev–Trinajstić information content (AvgIpc) is 3.47. The summed E-state index contributed by atoms with van der Waals surface area (Å²) in [6.45, 7) is 0.643. The van der Waals surface area contributed by atoms with Crippen LogP contribution in [0.2, 0.25) is 0 Å². The lowest BCUT2D eigenvalue weighted by Crippen LogP contribution is -2.27. The summed E-state index contributed by atoms with van der Waals surface area (Å²) in [7, 11) is 1.85. The Balaban J connectivity index is 1.48. The zero-order chi connectivity index (χ0) is 19.3. The number of amides is 1. The van der Waals surface area contributed by atoms with E-state index in [-0.39, 0.29) is 5.91 Å². The lowest BCUT2D eigenvalue weighted by atomic mass is 9.95. The maximum atomic E-state index is 12.6. The molecule has 1 amide bonds. The first kappa shape index (κ1) is 19.3. The van der Waals surface area contributed by atoms with Crippen LogP contribution < -0.4 is 0 Å². The number of carbonyl (C=O) groups is 1. The number of thioether (sulfide) groups is 1. The van der Waals surface area contributed by atoms with Gasteiger partial charge in [-0.2, -0.15) is 0 Å². The smallest absolute Gasteiger partial charge is 0.233 e. The van der Waals surface area contributed by atoms with Gasteiger partial charge in [-0.05, 0) is 36.4 Å². The molecule has 0 aliphatic heterocycles. The highest BCUT2D eigenvalue weighted by Gasteiger charge is 2.25. The van der Waals surface area contributed by atoms with Crippen molar-refractivity contribution in [2.45, 2.75) is 49.8 Å². The second kappa shape index (κ2) is 8.96. The third-order valence-electron chi connectivity index (χ3n) is 5.07. The molecule has 0 radical (unpaired) electrons. The minimum absolute atomic E-state index is 0.0937. The monoisotopic (exact) mass is 416 g/mol. The predicted octanol–water partition coefficient (Wildman–Crippen LogP) is 4.86. The molecule has 3 aromatic rings. The van der Waals surface area contributed by atoms with Crippen LogP contribution >= 0.6 is 23.1 Å². The third kappa shape index (κ3) is 4.33. The molecule has 3 aromatic heterocycles. The minimum Gasteiger partial charge on any atom is -0.461 e. The highest BCUT2D eigenvalue weighted by molar-refractivity contribution is 7.99. The average molecular weight is 417 g/mol. The van der Waals surface area contributed by atoms with E-state index in [9.17, 15) is 4.79 Å². The molecule has 6 nitrogen and oxygen atoms in total. The molecule has 28 heavy (non-hydrogen) atoms. The lowest BCUT2D eigenvalue weighted by Gasteiger charge is -2.25. The van der Waals surface area contributed by atoms with Crippen LogP contribution in [0.4, 0.5) is 0 Å². The van der Waals surface area contributed by atoms with E-state index in [1.807, 2.05) is 30.6 Å². The molecule has 0 saturated heterocycles. The molecule has 8 heteroatoms. The summed E-state index contributed by atoms with van der Waals surface area (Å²) in [6.07, 6.45) is 7.60. The molecule has 4 rings (SSSR count). The fraction of sp³-hybridized carbons (Fsp3) is 0.450. The van der Waals surface area contributed by atoms with Gasteiger partial charge in [0.15, 0.2) is 10.9 Å². The first-order valence-corrected chi connectivity index (χ1v) is 11.5. The highest BCUT2D eigenvalue weighted by atomic mass is 32.2. The molecule has 0 unspecified atom stereocenters. The van der Waals surface area contributed by atoms with Crippen molar-refractivity contribution in [3.8, 4) is 11.6 Å². The van der Waals surface area contributed by atoms with Crippen molar-refractivity contribution in [1.82, 2.24) is 19.7 Å². The molecule has 1 saturated carbocycles. The van der Waals surface area contributed by atoms with Gasteiger partial charge in [-0.3, -0.25) is 9.36 Å². The van der Waals surface area contributed by atoms with E-state index in [0.717, 1.165) is 29.6 Å². The molecule has 0 N–H and O–H groups in total. The Kier molecular flexibility index (Phi) is 6.17. The fourth-order valence-electron chi connectivity index (χ4n) is 3.58. The minimum atomic E-state index is 0.0937. The Morgan fingerprint density at radius 2 is 2.14 bits per heavy atom. The van der Waals surface area contributed by atoms with Gasteiger partial charge in [0.05, 0.1) is 18.6 Å². The number of thiophene rings is 1. The van der Waals surface area contributed by atoms with Crippen LogP contribution in [-0.2, 0) is 11.3 Å². The molecular formula is C20H24N4O2S2. The van der Waals surface area contributed by atoms with Crippen molar-refractivity contribution in [2.24, 2.45) is 0 Å². The Morgan fingerprint density at radius 1 is 1.29 bits per heavy atom. The van der Waals surface area contributed by atoms with E-state index in [0.29, 0.717) is 18.3 Å². The van der Waals surface area contributed by atoms with E-state index in [1.165, 1.54) is 35.9 Å². The van der Waals surface area contributed by atoms with Crippen molar-refractivity contribution in [1.29, 1.82) is 0 Å². The van der Waals surface area contributed by atoms with Crippen LogP contribution in [0.15, 0.2) is 45.5 Å². The van der Waals surface area contributed by atoms with Gasteiger partial charge in [0.25, 0.3) is 0 Å². The topological polar surface area (TPSA) is 64.2 Å². The second-order valence-electron chi connectivity index (χ2n) is 7.06. The van der Waals surface area contributed by atoms with Gasteiger partial charge in [-0.1, -0.05) is 37.1 Å².